The summed E-state index contributed by atoms with van der Waals surface area (Å²) in [4.78, 5) is 49.5. The van der Waals surface area contributed by atoms with Gasteiger partial charge in [0, 0.05) is 0 Å². The molecule has 192 valence electrons. The molecule has 0 aromatic rings. The maximum atomic E-state index is 12.8. The Balaban J connectivity index is 5.40. The second-order valence-electron chi connectivity index (χ2n) is 8.53. The number of rotatable bonds is 17. The van der Waals surface area contributed by atoms with Gasteiger partial charge in [-0.2, -0.15) is 0 Å². The number of carboxylic acids is 1. The average Bonchev–Trinajstić information content (AvgIpc) is 2.74. The molecule has 0 bridgehead atoms. The lowest BCUT2D eigenvalue weighted by Gasteiger charge is -2.27. The highest BCUT2D eigenvalue weighted by Gasteiger charge is 2.32. The first kappa shape index (κ1) is 30.7. The van der Waals surface area contributed by atoms with Crippen molar-refractivity contribution in [1.29, 1.82) is 0 Å². The van der Waals surface area contributed by atoms with Gasteiger partial charge in [0.15, 0.2) is 0 Å². The fraction of sp³-hybridized carbons (Fsp3) is 0.810. The zero-order valence-corrected chi connectivity index (χ0v) is 19.9. The summed E-state index contributed by atoms with van der Waals surface area (Å²) >= 11 is 0. The molecular formula is C21H42N6O6. The van der Waals surface area contributed by atoms with Gasteiger partial charge in [0.05, 0.1) is 12.1 Å². The van der Waals surface area contributed by atoms with Crippen LogP contribution < -0.4 is 33.2 Å². The van der Waals surface area contributed by atoms with Gasteiger partial charge in [-0.05, 0) is 64.5 Å². The van der Waals surface area contributed by atoms with Crippen molar-refractivity contribution in [3.63, 3.8) is 0 Å². The number of aliphatic carboxylic acids is 1. The van der Waals surface area contributed by atoms with Crippen molar-refractivity contribution in [2.45, 2.75) is 89.6 Å². The monoisotopic (exact) mass is 474 g/mol. The van der Waals surface area contributed by atoms with E-state index in [9.17, 15) is 29.4 Å². The largest absolute Gasteiger partial charge is 0.480 e. The van der Waals surface area contributed by atoms with Crippen LogP contribution in [-0.4, -0.2) is 77.3 Å². The summed E-state index contributed by atoms with van der Waals surface area (Å²) in [5.41, 5.74) is 16.7. The quantitative estimate of drug-likeness (QED) is 0.111. The predicted octanol–water partition coefficient (Wildman–Crippen LogP) is -1.85. The van der Waals surface area contributed by atoms with E-state index >= 15 is 0 Å². The molecule has 0 heterocycles. The number of carboxylic acid groups (broad SMARTS) is 1. The molecule has 3 amide bonds. The number of nitrogens with two attached hydrogens (primary N) is 3. The number of carbonyl (C=O) groups is 4. The van der Waals surface area contributed by atoms with E-state index in [2.05, 4.69) is 16.0 Å². The van der Waals surface area contributed by atoms with Gasteiger partial charge >= 0.3 is 5.97 Å². The Morgan fingerprint density at radius 3 is 1.67 bits per heavy atom. The molecule has 0 saturated carbocycles. The molecule has 0 fully saturated rings. The number of nitrogens with one attached hydrogen (secondary N) is 3. The van der Waals surface area contributed by atoms with Crippen molar-refractivity contribution < 1.29 is 29.4 Å². The number of aliphatic hydroxyl groups is 1. The lowest BCUT2D eigenvalue weighted by atomic mass is 10.0. The maximum absolute atomic E-state index is 12.8. The Morgan fingerprint density at radius 1 is 0.758 bits per heavy atom. The van der Waals surface area contributed by atoms with Crippen LogP contribution >= 0.6 is 0 Å². The van der Waals surface area contributed by atoms with E-state index < -0.39 is 54.0 Å². The predicted molar refractivity (Wildman–Crippen MR) is 124 cm³/mol. The van der Waals surface area contributed by atoms with Crippen LogP contribution in [0.4, 0.5) is 0 Å². The van der Waals surface area contributed by atoms with Gasteiger partial charge in [0.25, 0.3) is 0 Å². The molecule has 0 aliphatic rings. The van der Waals surface area contributed by atoms with Gasteiger partial charge in [0.2, 0.25) is 17.7 Å². The molecule has 0 aliphatic carbocycles. The molecule has 0 spiro atoms. The first-order valence-electron chi connectivity index (χ1n) is 11.4. The summed E-state index contributed by atoms with van der Waals surface area (Å²) in [5.74, 6) is -3.44. The standard InChI is InChI=1S/C21H42N6O6/c1-12(2)16(24)19(30)27-17(13(3)28)20(31)25-14(8-4-6-10-22)18(29)26-15(21(32)33)9-5-7-11-23/h12-17,28H,4-11,22-24H2,1-3H3,(H,25,31)(H,26,29)(H,27,30)(H,32,33). The van der Waals surface area contributed by atoms with E-state index in [1.807, 2.05) is 0 Å². The Hall–Kier alpha value is -2.28. The fourth-order valence-electron chi connectivity index (χ4n) is 3.00. The summed E-state index contributed by atoms with van der Waals surface area (Å²) in [6, 6.07) is -4.42. The van der Waals surface area contributed by atoms with Crippen LogP contribution in [0.15, 0.2) is 0 Å². The minimum absolute atomic E-state index is 0.190. The van der Waals surface area contributed by atoms with E-state index in [-0.39, 0.29) is 18.8 Å². The van der Waals surface area contributed by atoms with E-state index in [1.54, 1.807) is 13.8 Å². The summed E-state index contributed by atoms with van der Waals surface area (Å²) in [5, 5.41) is 26.8. The Morgan fingerprint density at radius 2 is 1.24 bits per heavy atom. The highest BCUT2D eigenvalue weighted by molar-refractivity contribution is 5.94. The number of unbranched alkanes of at least 4 members (excludes halogenated alkanes) is 2. The van der Waals surface area contributed by atoms with Crippen LogP contribution in [0.5, 0.6) is 0 Å². The normalized spacial score (nSPS) is 15.8. The molecule has 11 N–H and O–H groups in total. The van der Waals surface area contributed by atoms with Crippen molar-refractivity contribution >= 4 is 23.7 Å². The Bertz CT molecular complexity index is 630. The molecule has 12 heteroatoms. The van der Waals surface area contributed by atoms with E-state index in [0.717, 1.165) is 0 Å². The maximum Gasteiger partial charge on any atom is 0.326 e. The van der Waals surface area contributed by atoms with Gasteiger partial charge in [0.1, 0.15) is 18.1 Å². The third-order valence-corrected chi connectivity index (χ3v) is 5.23. The summed E-state index contributed by atoms with van der Waals surface area (Å²) in [7, 11) is 0. The zero-order valence-electron chi connectivity index (χ0n) is 19.9. The smallest absolute Gasteiger partial charge is 0.326 e. The van der Waals surface area contributed by atoms with Gasteiger partial charge in [-0.3, -0.25) is 14.4 Å². The van der Waals surface area contributed by atoms with Crippen molar-refractivity contribution in [2.75, 3.05) is 13.1 Å². The van der Waals surface area contributed by atoms with Crippen LogP contribution in [-0.2, 0) is 19.2 Å². The van der Waals surface area contributed by atoms with Crippen molar-refractivity contribution in [3.8, 4) is 0 Å². The molecule has 0 rings (SSSR count). The average molecular weight is 475 g/mol. The highest BCUT2D eigenvalue weighted by Crippen LogP contribution is 2.07. The van der Waals surface area contributed by atoms with E-state index in [1.165, 1.54) is 6.92 Å². The Kier molecular flexibility index (Phi) is 15.2. The van der Waals surface area contributed by atoms with E-state index in [0.29, 0.717) is 38.8 Å². The second-order valence-corrected chi connectivity index (χ2v) is 8.53. The van der Waals surface area contributed by atoms with Crippen LogP contribution in [0, 0.1) is 5.92 Å². The molecular weight excluding hydrogens is 432 g/mol. The minimum Gasteiger partial charge on any atom is -0.480 e. The fourth-order valence-corrected chi connectivity index (χ4v) is 3.00. The van der Waals surface area contributed by atoms with Crippen LogP contribution in [0.2, 0.25) is 0 Å². The van der Waals surface area contributed by atoms with Crippen LogP contribution in [0.1, 0.15) is 59.3 Å². The van der Waals surface area contributed by atoms with E-state index in [4.69, 9.17) is 17.2 Å². The van der Waals surface area contributed by atoms with Gasteiger partial charge < -0.3 is 43.4 Å². The number of hydrogen-bond acceptors (Lipinski definition) is 8. The van der Waals surface area contributed by atoms with Crippen LogP contribution in [0.3, 0.4) is 0 Å². The number of carbonyl (C=O) groups excluding carboxylic acids is 3. The molecule has 0 aliphatic heterocycles. The highest BCUT2D eigenvalue weighted by atomic mass is 16.4. The molecule has 0 saturated heterocycles. The molecule has 12 nitrogen and oxygen atoms in total. The first-order chi connectivity index (χ1) is 15.5. The lowest BCUT2D eigenvalue weighted by Crippen LogP contribution is -2.60. The molecule has 0 aromatic carbocycles. The summed E-state index contributed by atoms with van der Waals surface area (Å²) in [6.45, 7) is 5.61. The molecule has 5 atom stereocenters. The molecule has 0 radical (unpaired) electrons. The number of aliphatic hydroxyl groups excluding tert-OH is 1. The lowest BCUT2D eigenvalue weighted by molar-refractivity contribution is -0.142. The molecule has 33 heavy (non-hydrogen) atoms. The third-order valence-electron chi connectivity index (χ3n) is 5.23. The van der Waals surface area contributed by atoms with Gasteiger partial charge in [-0.15, -0.1) is 0 Å². The first-order valence-corrected chi connectivity index (χ1v) is 11.4. The third kappa shape index (κ3) is 11.9. The van der Waals surface area contributed by atoms with Crippen molar-refractivity contribution in [2.24, 2.45) is 23.1 Å². The van der Waals surface area contributed by atoms with Crippen molar-refractivity contribution in [3.05, 3.63) is 0 Å². The molecule has 5 unspecified atom stereocenters. The number of hydrogen-bond donors (Lipinski definition) is 8. The minimum atomic E-state index is -1.34. The summed E-state index contributed by atoms with van der Waals surface area (Å²) in [6.07, 6.45) is 1.37. The van der Waals surface area contributed by atoms with Gasteiger partial charge in [-0.1, -0.05) is 13.8 Å². The molecule has 0 aromatic heterocycles. The zero-order chi connectivity index (χ0) is 25.6. The van der Waals surface area contributed by atoms with Crippen molar-refractivity contribution in [1.82, 2.24) is 16.0 Å². The number of amides is 3. The second kappa shape index (κ2) is 16.4. The van der Waals surface area contributed by atoms with Crippen LogP contribution in [0.25, 0.3) is 0 Å². The SMILES string of the molecule is CC(C)C(N)C(=O)NC(C(=O)NC(CCCCN)C(=O)NC(CCCCN)C(=O)O)C(C)O. The topological polar surface area (TPSA) is 223 Å². The summed E-state index contributed by atoms with van der Waals surface area (Å²) < 4.78 is 0. The Labute approximate surface area is 195 Å². The van der Waals surface area contributed by atoms with Gasteiger partial charge in [-0.25, -0.2) is 4.79 Å².